The van der Waals surface area contributed by atoms with Crippen molar-refractivity contribution in [2.75, 3.05) is 0 Å². The highest BCUT2D eigenvalue weighted by molar-refractivity contribution is 4.94. The summed E-state index contributed by atoms with van der Waals surface area (Å²) in [5.74, 6) is 9.68. The van der Waals surface area contributed by atoms with E-state index in [1.54, 1.807) is 0 Å². The van der Waals surface area contributed by atoms with E-state index in [9.17, 15) is 0 Å². The average Bonchev–Trinajstić information content (AvgIpc) is 3.14. The SMILES string of the molecule is NNC(C1CC1)C1CCC2CCCCC2C1. The normalized spacial score (nSPS) is 41.4. The van der Waals surface area contributed by atoms with Gasteiger partial charge in [-0.25, -0.2) is 0 Å². The molecule has 0 heterocycles. The lowest BCUT2D eigenvalue weighted by Gasteiger charge is -2.42. The molecule has 0 aliphatic heterocycles. The highest BCUT2D eigenvalue weighted by Crippen LogP contribution is 2.47. The summed E-state index contributed by atoms with van der Waals surface area (Å²) in [6, 6.07) is 0.642. The van der Waals surface area contributed by atoms with Gasteiger partial charge >= 0.3 is 0 Å². The Bertz CT molecular complexity index is 237. The first-order valence-electron chi connectivity index (χ1n) is 7.34. The molecule has 3 rings (SSSR count). The molecule has 3 saturated carbocycles. The van der Waals surface area contributed by atoms with Gasteiger partial charge in [-0.1, -0.05) is 25.7 Å². The zero-order chi connectivity index (χ0) is 11.0. The minimum atomic E-state index is 0.642. The lowest BCUT2D eigenvalue weighted by molar-refractivity contribution is 0.104. The van der Waals surface area contributed by atoms with Crippen molar-refractivity contribution in [2.24, 2.45) is 29.5 Å². The first-order chi connectivity index (χ1) is 7.88. The molecule has 0 spiro atoms. The summed E-state index contributed by atoms with van der Waals surface area (Å²) in [6.45, 7) is 0. The summed E-state index contributed by atoms with van der Waals surface area (Å²) < 4.78 is 0. The fraction of sp³-hybridized carbons (Fsp3) is 1.00. The summed E-state index contributed by atoms with van der Waals surface area (Å²) in [5, 5.41) is 0. The monoisotopic (exact) mass is 222 g/mol. The summed E-state index contributed by atoms with van der Waals surface area (Å²) in [4.78, 5) is 0. The molecule has 3 N–H and O–H groups in total. The Balaban J connectivity index is 1.60. The van der Waals surface area contributed by atoms with E-state index in [0.29, 0.717) is 6.04 Å². The number of hydrogen-bond acceptors (Lipinski definition) is 2. The summed E-state index contributed by atoms with van der Waals surface area (Å²) >= 11 is 0. The van der Waals surface area contributed by atoms with Crippen LogP contribution in [0.2, 0.25) is 0 Å². The molecule has 4 atom stereocenters. The maximum absolute atomic E-state index is 5.76. The summed E-state index contributed by atoms with van der Waals surface area (Å²) in [6.07, 6.45) is 13.2. The van der Waals surface area contributed by atoms with Crippen molar-refractivity contribution < 1.29 is 0 Å². The summed E-state index contributed by atoms with van der Waals surface area (Å²) in [7, 11) is 0. The molecule has 16 heavy (non-hydrogen) atoms. The fourth-order valence-corrected chi connectivity index (χ4v) is 4.35. The van der Waals surface area contributed by atoms with E-state index in [1.165, 1.54) is 57.8 Å². The van der Waals surface area contributed by atoms with Crippen molar-refractivity contribution >= 4 is 0 Å². The quantitative estimate of drug-likeness (QED) is 0.569. The molecule has 3 aliphatic rings. The van der Waals surface area contributed by atoms with Crippen molar-refractivity contribution in [3.63, 3.8) is 0 Å². The molecule has 3 fully saturated rings. The molecular weight excluding hydrogens is 196 g/mol. The predicted octanol–water partition coefficient (Wildman–Crippen LogP) is 2.83. The number of hydrogen-bond donors (Lipinski definition) is 2. The van der Waals surface area contributed by atoms with Crippen molar-refractivity contribution in [2.45, 2.75) is 63.8 Å². The molecule has 0 radical (unpaired) electrons. The third kappa shape index (κ3) is 2.14. The molecule has 4 unspecified atom stereocenters. The highest BCUT2D eigenvalue weighted by Gasteiger charge is 2.40. The molecular formula is C14H26N2. The average molecular weight is 222 g/mol. The topological polar surface area (TPSA) is 38.0 Å². The molecule has 0 aromatic rings. The molecule has 0 amide bonds. The molecule has 0 bridgehead atoms. The Morgan fingerprint density at radius 3 is 2.19 bits per heavy atom. The van der Waals surface area contributed by atoms with Crippen LogP contribution in [0.5, 0.6) is 0 Å². The third-order valence-electron chi connectivity index (χ3n) is 5.41. The largest absolute Gasteiger partial charge is 0.271 e. The fourth-order valence-electron chi connectivity index (χ4n) is 4.35. The van der Waals surface area contributed by atoms with E-state index in [0.717, 1.165) is 23.7 Å². The Kier molecular flexibility index (Phi) is 3.21. The standard InChI is InChI=1S/C14H26N2/c15-16-14(11-6-7-11)13-8-5-10-3-1-2-4-12(10)9-13/h10-14,16H,1-9,15H2. The molecule has 92 valence electrons. The second-order valence-corrected chi connectivity index (χ2v) is 6.41. The van der Waals surface area contributed by atoms with Crippen molar-refractivity contribution in [1.82, 2.24) is 5.43 Å². The first kappa shape index (κ1) is 11.0. The smallest absolute Gasteiger partial charge is 0.0267 e. The van der Waals surface area contributed by atoms with E-state index >= 15 is 0 Å². The van der Waals surface area contributed by atoms with Gasteiger partial charge in [-0.3, -0.25) is 11.3 Å². The first-order valence-corrected chi connectivity index (χ1v) is 7.34. The number of rotatable bonds is 3. The zero-order valence-corrected chi connectivity index (χ0v) is 10.3. The van der Waals surface area contributed by atoms with Gasteiger partial charge in [-0.2, -0.15) is 0 Å². The van der Waals surface area contributed by atoms with Crippen LogP contribution in [0.4, 0.5) is 0 Å². The number of fused-ring (bicyclic) bond motifs is 1. The van der Waals surface area contributed by atoms with Gasteiger partial charge in [0.2, 0.25) is 0 Å². The Morgan fingerprint density at radius 2 is 1.50 bits per heavy atom. The lowest BCUT2D eigenvalue weighted by Crippen LogP contribution is -2.45. The van der Waals surface area contributed by atoms with Gasteiger partial charge in [0.15, 0.2) is 0 Å². The third-order valence-corrected chi connectivity index (χ3v) is 5.41. The maximum atomic E-state index is 5.76. The zero-order valence-electron chi connectivity index (χ0n) is 10.3. The van der Waals surface area contributed by atoms with Crippen LogP contribution in [0.3, 0.4) is 0 Å². The molecule has 0 aromatic carbocycles. The maximum Gasteiger partial charge on any atom is 0.0267 e. The van der Waals surface area contributed by atoms with Gasteiger partial charge in [0.25, 0.3) is 0 Å². The van der Waals surface area contributed by atoms with Crippen LogP contribution in [0.1, 0.15) is 57.8 Å². The van der Waals surface area contributed by atoms with Crippen LogP contribution >= 0.6 is 0 Å². The van der Waals surface area contributed by atoms with Crippen LogP contribution in [-0.2, 0) is 0 Å². The van der Waals surface area contributed by atoms with Crippen LogP contribution in [0.15, 0.2) is 0 Å². The van der Waals surface area contributed by atoms with Gasteiger partial charge < -0.3 is 0 Å². The van der Waals surface area contributed by atoms with E-state index in [-0.39, 0.29) is 0 Å². The Labute approximate surface area is 99.3 Å². The predicted molar refractivity (Wildman–Crippen MR) is 66.6 cm³/mol. The minimum Gasteiger partial charge on any atom is -0.271 e. The van der Waals surface area contributed by atoms with E-state index < -0.39 is 0 Å². The second-order valence-electron chi connectivity index (χ2n) is 6.41. The lowest BCUT2D eigenvalue weighted by atomic mass is 9.65. The molecule has 3 aliphatic carbocycles. The van der Waals surface area contributed by atoms with Gasteiger partial charge in [-0.15, -0.1) is 0 Å². The second kappa shape index (κ2) is 4.66. The molecule has 2 nitrogen and oxygen atoms in total. The van der Waals surface area contributed by atoms with Crippen molar-refractivity contribution in [3.05, 3.63) is 0 Å². The Morgan fingerprint density at radius 1 is 0.812 bits per heavy atom. The van der Waals surface area contributed by atoms with E-state index in [2.05, 4.69) is 5.43 Å². The minimum absolute atomic E-state index is 0.642. The van der Waals surface area contributed by atoms with Gasteiger partial charge in [0, 0.05) is 6.04 Å². The van der Waals surface area contributed by atoms with Crippen LogP contribution in [-0.4, -0.2) is 6.04 Å². The number of nitrogens with one attached hydrogen (secondary N) is 1. The van der Waals surface area contributed by atoms with Crippen LogP contribution in [0, 0.1) is 23.7 Å². The number of nitrogens with two attached hydrogens (primary N) is 1. The van der Waals surface area contributed by atoms with Gasteiger partial charge in [0.05, 0.1) is 0 Å². The van der Waals surface area contributed by atoms with E-state index in [1.807, 2.05) is 0 Å². The van der Waals surface area contributed by atoms with Crippen molar-refractivity contribution in [1.29, 1.82) is 0 Å². The van der Waals surface area contributed by atoms with Crippen molar-refractivity contribution in [3.8, 4) is 0 Å². The van der Waals surface area contributed by atoms with Crippen LogP contribution < -0.4 is 11.3 Å². The van der Waals surface area contributed by atoms with Gasteiger partial charge in [0.1, 0.15) is 0 Å². The molecule has 0 aromatic heterocycles. The van der Waals surface area contributed by atoms with Gasteiger partial charge in [-0.05, 0) is 55.8 Å². The number of hydrazine groups is 1. The summed E-state index contributed by atoms with van der Waals surface area (Å²) in [5.41, 5.74) is 3.13. The molecule has 2 heteroatoms. The molecule has 0 saturated heterocycles. The van der Waals surface area contributed by atoms with Crippen LogP contribution in [0.25, 0.3) is 0 Å². The highest BCUT2D eigenvalue weighted by atomic mass is 15.2. The van der Waals surface area contributed by atoms with E-state index in [4.69, 9.17) is 5.84 Å². The Hall–Kier alpha value is -0.0800.